The number of amides is 2. The molecule has 0 radical (unpaired) electrons. The molecule has 3 fully saturated rings. The van der Waals surface area contributed by atoms with Crippen LogP contribution >= 0.6 is 0 Å². The molecule has 0 spiro atoms. The van der Waals surface area contributed by atoms with Crippen LogP contribution in [0.3, 0.4) is 0 Å². The number of imide groups is 1. The number of hydrogen-bond acceptors (Lipinski definition) is 5. The number of ether oxygens (including phenoxy) is 1. The number of esters is 1. The van der Waals surface area contributed by atoms with Gasteiger partial charge in [0.05, 0.1) is 18.4 Å². The monoisotopic (exact) mass is 492 g/mol. The zero-order chi connectivity index (χ0) is 22.7. The summed E-state index contributed by atoms with van der Waals surface area (Å²) in [7, 11) is 0. The molecular weight excluding hydrogens is 460 g/mol. The molecule has 6 nitrogen and oxygen atoms in total. The van der Waals surface area contributed by atoms with Crippen molar-refractivity contribution in [1.29, 1.82) is 0 Å². The summed E-state index contributed by atoms with van der Waals surface area (Å²) < 4.78 is 5.28. The third kappa shape index (κ3) is 4.72. The summed E-state index contributed by atoms with van der Waals surface area (Å²) in [6, 6.07) is 17.3. The standard InChI is InChI=1S/C21H27N2O4.C5H5.Fe/c1-3-27-20(26)21(2)16-15(17(22-21)13-9-7-8-10-13)18(24)23(19(16)25)14-11-5-4-6-12-14;1-2-4-5-3-1;/h7-10,14-17,22H,3-6,11-12H2,1-2H3;1-5H;/q2*-1;+2. The van der Waals surface area contributed by atoms with Crippen LogP contribution in [0.4, 0.5) is 0 Å². The number of nitrogens with one attached hydrogen (secondary N) is 1. The van der Waals surface area contributed by atoms with Crippen molar-refractivity contribution in [2.75, 3.05) is 6.61 Å². The van der Waals surface area contributed by atoms with Crippen LogP contribution in [0.25, 0.3) is 0 Å². The fraction of sp³-hybridized carbons (Fsp3) is 0.500. The second kappa shape index (κ2) is 10.8. The molecule has 4 atom stereocenters. The number of carbonyl (C=O) groups is 3. The Bertz CT molecular complexity index is 903. The van der Waals surface area contributed by atoms with Gasteiger partial charge in [-0.25, -0.2) is 24.3 Å². The van der Waals surface area contributed by atoms with Crippen LogP contribution in [0.2, 0.25) is 0 Å². The van der Waals surface area contributed by atoms with Gasteiger partial charge in [-0.1, -0.05) is 19.3 Å². The normalized spacial score (nSPS) is 29.2. The van der Waals surface area contributed by atoms with E-state index in [4.69, 9.17) is 4.74 Å². The van der Waals surface area contributed by atoms with Gasteiger partial charge in [0.1, 0.15) is 5.54 Å². The minimum absolute atomic E-state index is 0. The third-order valence-electron chi connectivity index (χ3n) is 7.06. The first-order valence-electron chi connectivity index (χ1n) is 11.7. The Morgan fingerprint density at radius 2 is 1.76 bits per heavy atom. The van der Waals surface area contributed by atoms with Crippen LogP contribution in [-0.4, -0.2) is 40.9 Å². The first-order valence-corrected chi connectivity index (χ1v) is 11.7. The van der Waals surface area contributed by atoms with E-state index in [1.54, 1.807) is 13.8 Å². The topological polar surface area (TPSA) is 75.7 Å². The number of rotatable bonds is 4. The van der Waals surface area contributed by atoms with Gasteiger partial charge in [-0.3, -0.25) is 19.3 Å². The summed E-state index contributed by atoms with van der Waals surface area (Å²) in [5, 5.41) is 3.30. The Labute approximate surface area is 206 Å². The van der Waals surface area contributed by atoms with E-state index < -0.39 is 23.3 Å². The average molecular weight is 492 g/mol. The molecule has 1 aliphatic carbocycles. The number of likely N-dealkylation sites (tertiary alicyclic amines) is 1. The molecule has 7 heteroatoms. The maximum atomic E-state index is 13.4. The second-order valence-electron chi connectivity index (χ2n) is 9.07. The Hall–Kier alpha value is -2.21. The summed E-state index contributed by atoms with van der Waals surface area (Å²) in [6.45, 7) is 3.70. The molecular formula is C26H32FeN2O4. The fourth-order valence-corrected chi connectivity index (χ4v) is 5.53. The summed E-state index contributed by atoms with van der Waals surface area (Å²) >= 11 is 0. The summed E-state index contributed by atoms with van der Waals surface area (Å²) in [6.07, 6.45) is 4.95. The van der Waals surface area contributed by atoms with Crippen molar-refractivity contribution in [3.63, 3.8) is 0 Å². The van der Waals surface area contributed by atoms with Crippen LogP contribution in [-0.2, 0) is 36.2 Å². The fourth-order valence-electron chi connectivity index (χ4n) is 5.53. The maximum Gasteiger partial charge on any atom is 2.00 e. The molecule has 2 aromatic carbocycles. The molecule has 5 rings (SSSR count). The molecule has 33 heavy (non-hydrogen) atoms. The predicted molar refractivity (Wildman–Crippen MR) is 121 cm³/mol. The molecule has 4 unspecified atom stereocenters. The van der Waals surface area contributed by atoms with Crippen molar-refractivity contribution in [2.45, 2.75) is 63.6 Å². The van der Waals surface area contributed by atoms with Crippen LogP contribution in [0.1, 0.15) is 57.6 Å². The number of nitrogens with zero attached hydrogens (tertiary/aromatic N) is 1. The van der Waals surface area contributed by atoms with Crippen molar-refractivity contribution in [2.24, 2.45) is 11.8 Å². The zero-order valence-corrected chi connectivity index (χ0v) is 20.3. The van der Waals surface area contributed by atoms with Crippen molar-refractivity contribution < 1.29 is 36.2 Å². The van der Waals surface area contributed by atoms with Crippen molar-refractivity contribution in [1.82, 2.24) is 10.2 Å². The van der Waals surface area contributed by atoms with E-state index in [0.29, 0.717) is 0 Å². The molecule has 178 valence electrons. The van der Waals surface area contributed by atoms with Gasteiger partial charge >= 0.3 is 23.0 Å². The minimum Gasteiger partial charge on any atom is -0.465 e. The van der Waals surface area contributed by atoms with E-state index in [9.17, 15) is 14.4 Å². The van der Waals surface area contributed by atoms with Crippen LogP contribution < -0.4 is 5.32 Å². The van der Waals surface area contributed by atoms with Gasteiger partial charge in [0.15, 0.2) is 0 Å². The quantitative estimate of drug-likeness (QED) is 0.305. The van der Waals surface area contributed by atoms with Crippen molar-refractivity contribution in [3.8, 4) is 0 Å². The van der Waals surface area contributed by atoms with E-state index in [1.807, 2.05) is 54.6 Å². The Morgan fingerprint density at radius 3 is 2.30 bits per heavy atom. The van der Waals surface area contributed by atoms with E-state index in [-0.39, 0.29) is 47.6 Å². The minimum atomic E-state index is -1.20. The molecule has 3 aliphatic rings. The smallest absolute Gasteiger partial charge is 0.465 e. The first kappa shape index (κ1) is 25.4. The Morgan fingerprint density at radius 1 is 1.12 bits per heavy atom. The molecule has 2 amide bonds. The zero-order valence-electron chi connectivity index (χ0n) is 19.2. The molecule has 2 saturated heterocycles. The maximum absolute atomic E-state index is 13.4. The number of carbonyl (C=O) groups excluding carboxylic acids is 3. The van der Waals surface area contributed by atoms with E-state index in [2.05, 4.69) is 5.32 Å². The van der Waals surface area contributed by atoms with E-state index >= 15 is 0 Å². The Balaban J connectivity index is 0.000000453. The molecule has 2 aromatic rings. The molecule has 2 aliphatic heterocycles. The van der Waals surface area contributed by atoms with Gasteiger partial charge in [-0.2, -0.15) is 30.3 Å². The van der Waals surface area contributed by atoms with Gasteiger partial charge < -0.3 is 10.1 Å². The van der Waals surface area contributed by atoms with Crippen molar-refractivity contribution in [3.05, 3.63) is 60.2 Å². The van der Waals surface area contributed by atoms with E-state index in [0.717, 1.165) is 37.7 Å². The molecule has 2 heterocycles. The van der Waals surface area contributed by atoms with Gasteiger partial charge in [0.2, 0.25) is 11.8 Å². The summed E-state index contributed by atoms with van der Waals surface area (Å²) in [5.74, 6) is -2.08. The predicted octanol–water partition coefficient (Wildman–Crippen LogP) is 3.71. The van der Waals surface area contributed by atoms with Gasteiger partial charge in [-0.05, 0) is 26.7 Å². The number of hydrogen-bond donors (Lipinski definition) is 1. The van der Waals surface area contributed by atoms with Gasteiger partial charge in [0, 0.05) is 12.1 Å². The molecule has 1 N–H and O–H groups in total. The Kier molecular flexibility index (Phi) is 8.33. The first-order chi connectivity index (χ1) is 15.5. The van der Waals surface area contributed by atoms with Gasteiger partial charge in [-0.15, -0.1) is 5.56 Å². The summed E-state index contributed by atoms with van der Waals surface area (Å²) in [4.78, 5) is 41.1. The second-order valence-corrected chi connectivity index (χ2v) is 9.07. The molecule has 0 aromatic heterocycles. The van der Waals surface area contributed by atoms with Crippen LogP contribution in [0, 0.1) is 11.8 Å². The van der Waals surface area contributed by atoms with Crippen molar-refractivity contribution >= 4 is 17.8 Å². The molecule has 1 saturated carbocycles. The third-order valence-corrected chi connectivity index (χ3v) is 7.06. The average Bonchev–Trinajstić information content (AvgIpc) is 3.58. The van der Waals surface area contributed by atoms with Crippen LogP contribution in [0.5, 0.6) is 0 Å². The van der Waals surface area contributed by atoms with Gasteiger partial charge in [0.25, 0.3) is 0 Å². The SMILES string of the molecule is CCOC(=O)C1(C)NC([c-]2cccc2)C2C(=O)N(C3CCCCC3)C(=O)C21.[Fe+2].c1cc[cH-]c1. The molecule has 0 bridgehead atoms. The van der Waals surface area contributed by atoms with E-state index in [1.165, 1.54) is 4.90 Å². The van der Waals surface area contributed by atoms with Crippen LogP contribution in [0.15, 0.2) is 54.6 Å². The number of fused-ring (bicyclic) bond motifs is 1. The summed E-state index contributed by atoms with van der Waals surface area (Å²) in [5.41, 5.74) is -0.261. The largest absolute Gasteiger partial charge is 2.00 e.